The molecule has 3 aliphatic rings. The molecule has 0 N–H and O–H groups in total. The Balaban J connectivity index is 1.82. The summed E-state index contributed by atoms with van der Waals surface area (Å²) in [6, 6.07) is 12.7. The van der Waals surface area contributed by atoms with E-state index in [9.17, 15) is 19.2 Å². The van der Waals surface area contributed by atoms with Gasteiger partial charge in [-0.15, -0.1) is 0 Å². The molecule has 2 aromatic carbocycles. The molecule has 0 bridgehead atoms. The van der Waals surface area contributed by atoms with Crippen molar-refractivity contribution in [3.05, 3.63) is 58.7 Å². The Morgan fingerprint density at radius 3 is 1.43 bits per heavy atom. The fourth-order valence-corrected chi connectivity index (χ4v) is 9.37. The average Bonchev–Trinajstić information content (AvgIpc) is 3.37. The molecule has 2 saturated carbocycles. The summed E-state index contributed by atoms with van der Waals surface area (Å²) < 4.78 is 10.6. The Labute approximate surface area is 262 Å². The predicted molar refractivity (Wildman–Crippen MR) is 170 cm³/mol. The third kappa shape index (κ3) is 4.41. The van der Waals surface area contributed by atoms with Crippen molar-refractivity contribution in [3.63, 3.8) is 0 Å². The molecule has 3 aliphatic carbocycles. The number of aryl methyl sites for hydroxylation is 2. The van der Waals surface area contributed by atoms with Gasteiger partial charge in [0.25, 0.3) is 0 Å². The zero-order valence-electron chi connectivity index (χ0n) is 27.3. The number of rotatable bonds is 12. The molecule has 0 spiro atoms. The molecule has 0 amide bonds. The van der Waals surface area contributed by atoms with Crippen LogP contribution in [0.5, 0.6) is 0 Å². The maximum Gasteiger partial charge on any atom is 0.317 e. The summed E-state index contributed by atoms with van der Waals surface area (Å²) in [6.45, 7) is 8.07. The van der Waals surface area contributed by atoms with Gasteiger partial charge >= 0.3 is 11.9 Å². The van der Waals surface area contributed by atoms with Gasteiger partial charge in [0.1, 0.15) is 11.8 Å². The summed E-state index contributed by atoms with van der Waals surface area (Å²) in [7, 11) is 2.54. The lowest BCUT2D eigenvalue weighted by Crippen LogP contribution is -2.57. The summed E-state index contributed by atoms with van der Waals surface area (Å²) in [6.07, 6.45) is 11.0. The van der Waals surface area contributed by atoms with Gasteiger partial charge in [0, 0.05) is 22.7 Å². The average molecular weight is 601 g/mol. The number of benzene rings is 2. The molecule has 4 atom stereocenters. The summed E-state index contributed by atoms with van der Waals surface area (Å²) >= 11 is 0. The number of fused-ring (bicyclic) bond motifs is 3. The Kier molecular flexibility index (Phi) is 9.21. The molecule has 2 fully saturated rings. The molecule has 0 saturated heterocycles. The van der Waals surface area contributed by atoms with Crippen LogP contribution in [0, 0.1) is 23.7 Å². The fourth-order valence-electron chi connectivity index (χ4n) is 9.37. The van der Waals surface area contributed by atoms with Crippen molar-refractivity contribution in [1.82, 2.24) is 0 Å². The van der Waals surface area contributed by atoms with Crippen molar-refractivity contribution in [2.24, 2.45) is 23.7 Å². The highest BCUT2D eigenvalue weighted by molar-refractivity contribution is 6.16. The van der Waals surface area contributed by atoms with Gasteiger partial charge in [0.05, 0.1) is 14.2 Å². The van der Waals surface area contributed by atoms with E-state index in [2.05, 4.69) is 44.2 Å². The van der Waals surface area contributed by atoms with Crippen LogP contribution >= 0.6 is 0 Å². The zero-order chi connectivity index (χ0) is 31.8. The van der Waals surface area contributed by atoms with E-state index in [4.69, 9.17) is 9.47 Å². The number of ether oxygens (including phenoxy) is 2. The van der Waals surface area contributed by atoms with Gasteiger partial charge in [0.2, 0.25) is 0 Å². The molecule has 0 heterocycles. The molecule has 0 aliphatic heterocycles. The van der Waals surface area contributed by atoms with E-state index in [-0.39, 0.29) is 11.6 Å². The second-order valence-electron chi connectivity index (χ2n) is 13.3. The van der Waals surface area contributed by atoms with Crippen molar-refractivity contribution in [2.45, 2.75) is 103 Å². The van der Waals surface area contributed by atoms with E-state index in [1.54, 1.807) is 0 Å². The van der Waals surface area contributed by atoms with Crippen LogP contribution in [0.25, 0.3) is 11.1 Å². The topological polar surface area (TPSA) is 86.7 Å². The minimum Gasteiger partial charge on any atom is -0.468 e. The van der Waals surface area contributed by atoms with Crippen molar-refractivity contribution in [2.75, 3.05) is 14.2 Å². The number of Topliss-reactive ketones (excluding diaryl/α,β-unsaturated/α-hetero) is 2. The van der Waals surface area contributed by atoms with E-state index in [0.717, 1.165) is 61.6 Å². The normalized spacial score (nSPS) is 28.2. The van der Waals surface area contributed by atoms with Crippen LogP contribution < -0.4 is 0 Å². The molecular weight excluding hydrogens is 552 g/mol. The summed E-state index contributed by atoms with van der Waals surface area (Å²) in [4.78, 5) is 56.2. The van der Waals surface area contributed by atoms with Gasteiger partial charge in [-0.25, -0.2) is 0 Å². The van der Waals surface area contributed by atoms with Crippen LogP contribution in [-0.4, -0.2) is 37.7 Å². The maximum absolute atomic E-state index is 14.4. The van der Waals surface area contributed by atoms with Crippen molar-refractivity contribution < 1.29 is 28.7 Å². The number of carbonyl (C=O) groups is 4. The first kappa shape index (κ1) is 32.1. The van der Waals surface area contributed by atoms with Gasteiger partial charge in [-0.3, -0.25) is 19.2 Å². The quantitative estimate of drug-likeness (QED) is 0.147. The molecule has 5 rings (SSSR count). The van der Waals surface area contributed by atoms with Gasteiger partial charge in [-0.2, -0.15) is 0 Å². The standard InChI is InChI=1S/C38H48O6/c1-7-9-11-13-15-25-17-19-29-27(21-25)28-22-26(16-14-12-10-8-2)18-20-30(28)38-31(35(41)43-5)33(39)23(3)37(29,38)24(4)34(40)32(38)36(42)44-6/h17-24,31-32H,7-16H2,1-6H3/t23?,24?,31?,32?,37-,38+. The Morgan fingerprint density at radius 2 is 1.05 bits per heavy atom. The molecule has 6 nitrogen and oxygen atoms in total. The smallest absolute Gasteiger partial charge is 0.317 e. The third-order valence-electron chi connectivity index (χ3n) is 11.2. The van der Waals surface area contributed by atoms with E-state index in [0.29, 0.717) is 5.56 Å². The molecular formula is C38H48O6. The van der Waals surface area contributed by atoms with E-state index in [1.807, 2.05) is 19.9 Å². The van der Waals surface area contributed by atoms with Crippen LogP contribution in [0.4, 0.5) is 0 Å². The fraction of sp³-hybridized carbons (Fsp3) is 0.579. The molecule has 44 heavy (non-hydrogen) atoms. The first-order valence-electron chi connectivity index (χ1n) is 16.7. The van der Waals surface area contributed by atoms with E-state index >= 15 is 0 Å². The minimum atomic E-state index is -1.45. The first-order chi connectivity index (χ1) is 21.2. The Hall–Kier alpha value is -3.28. The summed E-state index contributed by atoms with van der Waals surface area (Å²) in [5.74, 6) is -5.98. The molecule has 0 radical (unpaired) electrons. The summed E-state index contributed by atoms with van der Waals surface area (Å²) in [5, 5.41) is 0. The van der Waals surface area contributed by atoms with Crippen molar-refractivity contribution in [1.29, 1.82) is 0 Å². The molecule has 6 heteroatoms. The number of unbranched alkanes of at least 4 members (excludes halogenated alkanes) is 6. The maximum atomic E-state index is 14.4. The van der Waals surface area contributed by atoms with Gasteiger partial charge in [-0.05, 0) is 59.1 Å². The molecule has 0 aromatic heterocycles. The number of esters is 2. The lowest BCUT2D eigenvalue weighted by molar-refractivity contribution is -0.156. The third-order valence-corrected chi connectivity index (χ3v) is 11.2. The SMILES string of the molecule is CCCCCCc1ccc2c(c1)-c1cc(CCCCCC)ccc1[C@]13C(C(=O)OC)C(=O)C(C)[C@]21C(C)C(=O)C3C(=O)OC. The van der Waals surface area contributed by atoms with E-state index in [1.165, 1.54) is 44.6 Å². The van der Waals surface area contributed by atoms with Crippen LogP contribution in [0.3, 0.4) is 0 Å². The predicted octanol–water partition coefficient (Wildman–Crippen LogP) is 7.10. The van der Waals surface area contributed by atoms with Crippen LogP contribution in [0.15, 0.2) is 36.4 Å². The Morgan fingerprint density at radius 1 is 0.636 bits per heavy atom. The lowest BCUT2D eigenvalue weighted by Gasteiger charge is -2.52. The Bertz CT molecular complexity index is 1410. The van der Waals surface area contributed by atoms with Crippen molar-refractivity contribution in [3.8, 4) is 11.1 Å². The van der Waals surface area contributed by atoms with Gasteiger partial charge in [-0.1, -0.05) is 103 Å². The van der Waals surface area contributed by atoms with Crippen LogP contribution in [-0.2, 0) is 52.3 Å². The molecule has 4 unspecified atom stereocenters. The van der Waals surface area contributed by atoms with E-state index < -0.39 is 46.4 Å². The summed E-state index contributed by atoms with van der Waals surface area (Å²) in [5.41, 5.74) is 3.33. The minimum absolute atomic E-state index is 0.281. The highest BCUT2D eigenvalue weighted by atomic mass is 16.5. The van der Waals surface area contributed by atoms with Crippen molar-refractivity contribution >= 4 is 23.5 Å². The number of methoxy groups -OCH3 is 2. The van der Waals surface area contributed by atoms with Gasteiger partial charge < -0.3 is 9.47 Å². The number of hydrogen-bond acceptors (Lipinski definition) is 6. The zero-order valence-corrected chi connectivity index (χ0v) is 27.3. The second kappa shape index (κ2) is 12.6. The number of hydrogen-bond donors (Lipinski definition) is 0. The molecule has 2 aromatic rings. The monoisotopic (exact) mass is 600 g/mol. The lowest BCUT2D eigenvalue weighted by atomic mass is 9.47. The number of ketones is 2. The first-order valence-corrected chi connectivity index (χ1v) is 16.7. The second-order valence-corrected chi connectivity index (χ2v) is 13.3. The highest BCUT2D eigenvalue weighted by Gasteiger charge is 2.84. The number of carbonyl (C=O) groups excluding carboxylic acids is 4. The largest absolute Gasteiger partial charge is 0.468 e. The molecule has 236 valence electrons. The van der Waals surface area contributed by atoms with Crippen LogP contribution in [0.1, 0.15) is 101 Å². The van der Waals surface area contributed by atoms with Gasteiger partial charge in [0.15, 0.2) is 11.6 Å². The highest BCUT2D eigenvalue weighted by Crippen LogP contribution is 2.74. The van der Waals surface area contributed by atoms with Crippen LogP contribution in [0.2, 0.25) is 0 Å².